The molecule has 168 valence electrons. The molecule has 2 atom stereocenters. The third kappa shape index (κ3) is 4.18. The molecule has 0 aliphatic heterocycles. The normalized spacial score (nSPS) is 23.8. The van der Waals surface area contributed by atoms with Crippen molar-refractivity contribution in [3.05, 3.63) is 70.4 Å². The summed E-state index contributed by atoms with van der Waals surface area (Å²) in [5, 5.41) is 3.51. The van der Waals surface area contributed by atoms with Crippen LogP contribution in [-0.2, 0) is 0 Å². The minimum Gasteiger partial charge on any atom is -0.0839 e. The molecule has 2 aliphatic carbocycles. The van der Waals surface area contributed by atoms with Crippen molar-refractivity contribution in [3.63, 3.8) is 0 Å². The molecular weight excluding hydrogens is 404 g/mol. The summed E-state index contributed by atoms with van der Waals surface area (Å²) in [7, 11) is -2.93. The summed E-state index contributed by atoms with van der Waals surface area (Å²) in [4.78, 5) is 0. The van der Waals surface area contributed by atoms with E-state index in [0.29, 0.717) is 5.54 Å². The van der Waals surface area contributed by atoms with E-state index in [4.69, 9.17) is 0 Å². The maximum Gasteiger partial charge on any atom is 0.0930 e. The van der Waals surface area contributed by atoms with E-state index in [1.54, 1.807) is 21.5 Å². The van der Waals surface area contributed by atoms with Crippen molar-refractivity contribution in [1.29, 1.82) is 0 Å². The largest absolute Gasteiger partial charge is 0.0930 e. The predicted octanol–water partition coefficient (Wildman–Crippen LogP) is 7.33. The fourth-order valence-electron chi connectivity index (χ4n) is 5.99. The van der Waals surface area contributed by atoms with Crippen LogP contribution in [0.2, 0.25) is 30.2 Å². The maximum atomic E-state index is 2.65. The molecule has 1 aromatic carbocycles. The molecule has 0 fully saturated rings. The van der Waals surface area contributed by atoms with Crippen LogP contribution in [0.25, 0.3) is 0 Å². The van der Waals surface area contributed by atoms with Crippen LogP contribution < -0.4 is 10.4 Å². The Bertz CT molecular complexity index is 965. The van der Waals surface area contributed by atoms with Crippen molar-refractivity contribution in [3.8, 4) is 0 Å². The van der Waals surface area contributed by atoms with Crippen LogP contribution in [0.3, 0.4) is 0 Å². The Kier molecular flexibility index (Phi) is 6.41. The highest BCUT2D eigenvalue weighted by atomic mass is 28.3. The number of hydrogen-bond donors (Lipinski definition) is 0. The SMILES string of the molecule is CC1=C(C)C([SiH](c2cc(C)cc([Si](C)(C)C)c2)C2(C(C)(C)C)C=CC=CC2)C(C)=C1C. The van der Waals surface area contributed by atoms with Gasteiger partial charge in [-0.1, -0.05) is 110 Å². The van der Waals surface area contributed by atoms with E-state index in [0.717, 1.165) is 6.42 Å². The lowest BCUT2D eigenvalue weighted by atomic mass is 9.76. The van der Waals surface area contributed by atoms with E-state index in [-0.39, 0.29) is 10.5 Å². The molecule has 3 rings (SSSR count). The molecule has 0 heterocycles. The molecule has 0 amide bonds. The molecule has 0 radical (unpaired) electrons. The third-order valence-corrected chi connectivity index (χ3v) is 15.5. The molecule has 31 heavy (non-hydrogen) atoms. The zero-order chi connectivity index (χ0) is 23.4. The summed E-state index contributed by atoms with van der Waals surface area (Å²) >= 11 is 0. The van der Waals surface area contributed by atoms with Crippen molar-refractivity contribution in [1.82, 2.24) is 0 Å². The second-order valence-electron chi connectivity index (χ2n) is 12.2. The van der Waals surface area contributed by atoms with Crippen molar-refractivity contribution in [2.45, 2.75) is 92.0 Å². The predicted molar refractivity (Wildman–Crippen MR) is 146 cm³/mol. The van der Waals surface area contributed by atoms with E-state index in [1.165, 1.54) is 16.7 Å². The minimum atomic E-state index is -1.54. The lowest BCUT2D eigenvalue weighted by Crippen LogP contribution is -2.53. The summed E-state index contributed by atoms with van der Waals surface area (Å²) in [6, 6.07) is 7.68. The number of rotatable bonds is 4. The average molecular weight is 449 g/mol. The Balaban J connectivity index is 2.36. The first-order valence-corrected chi connectivity index (χ1v) is 17.3. The fourth-order valence-corrected chi connectivity index (χ4v) is 12.9. The smallest absolute Gasteiger partial charge is 0.0839 e. The van der Waals surface area contributed by atoms with Crippen molar-refractivity contribution < 1.29 is 0 Å². The standard InChI is InChI=1S/C29H44Si2/c1-20-17-25(19-26(18-20)31(9,10)11)30(27-23(4)21(2)22(3)24(27)5)29(28(6,7)8)15-13-12-14-16-29/h12-15,17-19,27,30H,16H2,1-11H3. The van der Waals surface area contributed by atoms with Gasteiger partial charge >= 0.3 is 0 Å². The summed E-state index contributed by atoms with van der Waals surface area (Å²) in [5.41, 5.74) is 8.60. The molecule has 2 unspecified atom stereocenters. The highest BCUT2D eigenvalue weighted by molar-refractivity contribution is 6.89. The van der Waals surface area contributed by atoms with Gasteiger partial charge in [-0.15, -0.1) is 0 Å². The second kappa shape index (κ2) is 8.19. The zero-order valence-electron chi connectivity index (χ0n) is 21.9. The Morgan fingerprint density at radius 2 is 1.45 bits per heavy atom. The molecule has 0 saturated heterocycles. The second-order valence-corrected chi connectivity index (χ2v) is 20.6. The highest BCUT2D eigenvalue weighted by Crippen LogP contribution is 2.59. The Morgan fingerprint density at radius 3 is 1.90 bits per heavy atom. The zero-order valence-corrected chi connectivity index (χ0v) is 24.1. The van der Waals surface area contributed by atoms with E-state index in [2.05, 4.69) is 118 Å². The quantitative estimate of drug-likeness (QED) is 0.423. The molecule has 2 heteroatoms. The lowest BCUT2D eigenvalue weighted by Gasteiger charge is -2.51. The van der Waals surface area contributed by atoms with E-state index in [1.807, 2.05) is 0 Å². The van der Waals surface area contributed by atoms with Gasteiger partial charge < -0.3 is 0 Å². The fraction of sp³-hybridized carbons (Fsp3) is 0.517. The number of benzene rings is 1. The maximum absolute atomic E-state index is 2.65. The molecule has 2 aliphatic rings. The van der Waals surface area contributed by atoms with Gasteiger partial charge in [0.05, 0.1) is 16.9 Å². The van der Waals surface area contributed by atoms with Crippen LogP contribution in [0.5, 0.6) is 0 Å². The number of allylic oxidation sites excluding steroid dienone is 8. The first kappa shape index (κ1) is 24.3. The van der Waals surface area contributed by atoms with Crippen LogP contribution in [0, 0.1) is 12.3 Å². The first-order valence-electron chi connectivity index (χ1n) is 12.0. The molecule has 0 bridgehead atoms. The Morgan fingerprint density at radius 1 is 0.871 bits per heavy atom. The van der Waals surface area contributed by atoms with Crippen molar-refractivity contribution in [2.24, 2.45) is 5.41 Å². The van der Waals surface area contributed by atoms with Gasteiger partial charge in [0.15, 0.2) is 0 Å². The molecule has 0 saturated carbocycles. The summed E-state index contributed by atoms with van der Waals surface area (Å²) < 4.78 is 0. The monoisotopic (exact) mass is 448 g/mol. The average Bonchev–Trinajstić information content (AvgIpc) is 2.85. The van der Waals surface area contributed by atoms with Crippen molar-refractivity contribution in [2.75, 3.05) is 0 Å². The molecule has 0 spiro atoms. The third-order valence-electron chi connectivity index (χ3n) is 8.38. The van der Waals surface area contributed by atoms with E-state index in [9.17, 15) is 0 Å². The van der Waals surface area contributed by atoms with Gasteiger partial charge in [0.2, 0.25) is 0 Å². The van der Waals surface area contributed by atoms with Gasteiger partial charge in [0.25, 0.3) is 0 Å². The van der Waals surface area contributed by atoms with Gasteiger partial charge in [0.1, 0.15) is 0 Å². The molecular formula is C29H44Si2. The summed E-state index contributed by atoms with van der Waals surface area (Å²) in [6.07, 6.45) is 10.8. The molecule has 1 aromatic rings. The van der Waals surface area contributed by atoms with Gasteiger partial charge in [-0.3, -0.25) is 0 Å². The van der Waals surface area contributed by atoms with Crippen LogP contribution in [0.1, 0.15) is 60.5 Å². The highest BCUT2D eigenvalue weighted by Gasteiger charge is 2.52. The van der Waals surface area contributed by atoms with E-state index >= 15 is 0 Å². The molecule has 0 nitrogen and oxygen atoms in total. The Labute approximate surface area is 194 Å². The number of hydrogen-bond acceptors (Lipinski definition) is 0. The summed E-state index contributed by atoms with van der Waals surface area (Å²) in [6.45, 7) is 26.8. The summed E-state index contributed by atoms with van der Waals surface area (Å²) in [5.74, 6) is 0. The molecule has 0 N–H and O–H groups in total. The topological polar surface area (TPSA) is 0 Å². The first-order chi connectivity index (χ1) is 14.2. The minimum absolute atomic E-state index is 0.208. The van der Waals surface area contributed by atoms with E-state index < -0.39 is 16.9 Å². The van der Waals surface area contributed by atoms with Crippen LogP contribution in [0.4, 0.5) is 0 Å². The van der Waals surface area contributed by atoms with Gasteiger partial charge in [0, 0.05) is 0 Å². The van der Waals surface area contributed by atoms with Gasteiger partial charge in [-0.25, -0.2) is 0 Å². The molecule has 0 aromatic heterocycles. The van der Waals surface area contributed by atoms with Crippen LogP contribution >= 0.6 is 0 Å². The Hall–Kier alpha value is -1.39. The number of aryl methyl sites for hydroxylation is 1. The van der Waals surface area contributed by atoms with Gasteiger partial charge in [-0.2, -0.15) is 0 Å². The lowest BCUT2D eigenvalue weighted by molar-refractivity contribution is 0.303. The van der Waals surface area contributed by atoms with Crippen molar-refractivity contribution >= 4 is 27.2 Å². The van der Waals surface area contributed by atoms with Gasteiger partial charge in [-0.05, 0) is 68.2 Å². The van der Waals surface area contributed by atoms with Crippen LogP contribution in [-0.4, -0.2) is 16.9 Å². The van der Waals surface area contributed by atoms with Crippen LogP contribution in [0.15, 0.2) is 64.8 Å².